The van der Waals surface area contributed by atoms with E-state index in [1.54, 1.807) is 6.08 Å². The number of aromatic nitrogens is 3. The molecule has 4 rings (SSSR count). The Morgan fingerprint density at radius 2 is 2.03 bits per heavy atom. The van der Waals surface area contributed by atoms with Gasteiger partial charge in [-0.25, -0.2) is 9.97 Å². The van der Waals surface area contributed by atoms with Gasteiger partial charge in [-0.1, -0.05) is 43.4 Å². The summed E-state index contributed by atoms with van der Waals surface area (Å²) in [5.41, 5.74) is 10.1. The third-order valence-electron chi connectivity index (χ3n) is 5.96. The third kappa shape index (κ3) is 5.20. The molecule has 7 nitrogen and oxygen atoms in total. The van der Waals surface area contributed by atoms with Crippen LogP contribution in [-0.4, -0.2) is 34.0 Å². The molecule has 0 saturated carbocycles. The van der Waals surface area contributed by atoms with E-state index in [2.05, 4.69) is 51.4 Å². The SMILES string of the molecule is CCc1nc2c(N)nc3c(c2n1CCCCNC(=O)/C=C/c1ccc(NC)cc1)=CC=CCC=3. The van der Waals surface area contributed by atoms with E-state index in [9.17, 15) is 4.79 Å². The van der Waals surface area contributed by atoms with Gasteiger partial charge in [0, 0.05) is 43.5 Å². The summed E-state index contributed by atoms with van der Waals surface area (Å²) in [6.07, 6.45) is 15.2. The maximum absolute atomic E-state index is 12.2. The normalized spacial score (nSPS) is 12.8. The number of anilines is 2. The maximum atomic E-state index is 12.2. The second-order valence-electron chi connectivity index (χ2n) is 8.26. The van der Waals surface area contributed by atoms with Crippen molar-refractivity contribution in [2.45, 2.75) is 39.2 Å². The first-order chi connectivity index (χ1) is 16.6. The van der Waals surface area contributed by atoms with Crippen LogP contribution in [0, 0.1) is 0 Å². The van der Waals surface area contributed by atoms with Crippen LogP contribution in [0.3, 0.4) is 0 Å². The average molecular weight is 457 g/mol. The molecule has 0 saturated heterocycles. The fourth-order valence-corrected chi connectivity index (χ4v) is 4.17. The van der Waals surface area contributed by atoms with Gasteiger partial charge in [0.2, 0.25) is 5.91 Å². The minimum atomic E-state index is -0.0823. The van der Waals surface area contributed by atoms with Gasteiger partial charge in [-0.2, -0.15) is 0 Å². The number of imidazole rings is 1. The largest absolute Gasteiger partial charge is 0.388 e. The molecule has 0 radical (unpaired) electrons. The summed E-state index contributed by atoms with van der Waals surface area (Å²) in [4.78, 5) is 21.6. The minimum absolute atomic E-state index is 0.0823. The number of nitrogens with zero attached hydrogens (tertiary/aromatic N) is 3. The molecule has 34 heavy (non-hydrogen) atoms. The Morgan fingerprint density at radius 1 is 1.21 bits per heavy atom. The first-order valence-electron chi connectivity index (χ1n) is 11.9. The number of pyridine rings is 1. The van der Waals surface area contributed by atoms with Crippen LogP contribution in [0.4, 0.5) is 11.5 Å². The molecule has 0 atom stereocenters. The number of hydrogen-bond acceptors (Lipinski definition) is 5. The molecule has 3 aromatic rings. The molecule has 7 heteroatoms. The zero-order valence-corrected chi connectivity index (χ0v) is 19.8. The number of carbonyl (C=O) groups is 1. The van der Waals surface area contributed by atoms with Crippen molar-refractivity contribution in [2.24, 2.45) is 0 Å². The lowest BCUT2D eigenvalue weighted by Gasteiger charge is -2.09. The summed E-state index contributed by atoms with van der Waals surface area (Å²) in [5, 5.41) is 8.05. The van der Waals surface area contributed by atoms with Crippen LogP contribution in [0.5, 0.6) is 0 Å². The molecule has 0 unspecified atom stereocenters. The lowest BCUT2D eigenvalue weighted by Crippen LogP contribution is -2.31. The third-order valence-corrected chi connectivity index (χ3v) is 5.96. The smallest absolute Gasteiger partial charge is 0.243 e. The van der Waals surface area contributed by atoms with Crippen molar-refractivity contribution in [1.29, 1.82) is 0 Å². The van der Waals surface area contributed by atoms with Gasteiger partial charge in [-0.15, -0.1) is 0 Å². The molecule has 0 fully saturated rings. The molecule has 2 aromatic heterocycles. The van der Waals surface area contributed by atoms with Crippen molar-refractivity contribution < 1.29 is 4.79 Å². The Bertz CT molecular complexity index is 1350. The maximum Gasteiger partial charge on any atom is 0.243 e. The molecule has 4 N–H and O–H groups in total. The van der Waals surface area contributed by atoms with Crippen LogP contribution in [0.25, 0.3) is 29.3 Å². The van der Waals surface area contributed by atoms with E-state index in [1.807, 2.05) is 37.4 Å². The van der Waals surface area contributed by atoms with Gasteiger partial charge in [0.1, 0.15) is 11.3 Å². The van der Waals surface area contributed by atoms with E-state index < -0.39 is 0 Å². The molecule has 1 aliphatic carbocycles. The molecule has 176 valence electrons. The average Bonchev–Trinajstić information content (AvgIpc) is 3.07. The second kappa shape index (κ2) is 10.8. The minimum Gasteiger partial charge on any atom is -0.388 e. The molecular formula is C27H32N6O. The summed E-state index contributed by atoms with van der Waals surface area (Å²) in [6, 6.07) is 7.92. The van der Waals surface area contributed by atoms with Gasteiger partial charge >= 0.3 is 0 Å². The highest BCUT2D eigenvalue weighted by molar-refractivity contribution is 5.91. The number of amides is 1. The second-order valence-corrected chi connectivity index (χ2v) is 8.26. The number of fused-ring (bicyclic) bond motifs is 3. The highest BCUT2D eigenvalue weighted by Crippen LogP contribution is 2.18. The summed E-state index contributed by atoms with van der Waals surface area (Å²) < 4.78 is 2.27. The topological polar surface area (TPSA) is 97.9 Å². The molecule has 2 heterocycles. The molecule has 1 aromatic carbocycles. The van der Waals surface area contributed by atoms with Crippen molar-refractivity contribution in [3.8, 4) is 0 Å². The van der Waals surface area contributed by atoms with Gasteiger partial charge < -0.3 is 20.9 Å². The van der Waals surface area contributed by atoms with E-state index >= 15 is 0 Å². The number of carbonyl (C=O) groups excluding carboxylic acids is 1. The Balaban J connectivity index is 1.39. The summed E-state index contributed by atoms with van der Waals surface area (Å²) >= 11 is 0. The van der Waals surface area contributed by atoms with E-state index in [1.165, 1.54) is 0 Å². The van der Waals surface area contributed by atoms with Gasteiger partial charge in [0.05, 0.1) is 10.9 Å². The molecule has 1 amide bonds. The Kier molecular flexibility index (Phi) is 7.42. The number of nitrogens with one attached hydrogen (secondary N) is 2. The van der Waals surface area contributed by atoms with Crippen LogP contribution in [0.1, 0.15) is 37.6 Å². The van der Waals surface area contributed by atoms with Crippen molar-refractivity contribution in [3.05, 3.63) is 64.4 Å². The van der Waals surface area contributed by atoms with E-state index in [0.717, 1.165) is 70.9 Å². The number of hydrogen-bond donors (Lipinski definition) is 3. The monoisotopic (exact) mass is 456 g/mol. The van der Waals surface area contributed by atoms with Gasteiger partial charge in [-0.3, -0.25) is 4.79 Å². The molecule has 0 bridgehead atoms. The van der Waals surface area contributed by atoms with Crippen molar-refractivity contribution in [3.63, 3.8) is 0 Å². The number of rotatable bonds is 9. The zero-order chi connectivity index (χ0) is 23.9. The summed E-state index contributed by atoms with van der Waals surface area (Å²) in [6.45, 7) is 3.55. The Hall–Kier alpha value is -3.87. The molecule has 0 spiro atoms. The Morgan fingerprint density at radius 3 is 2.79 bits per heavy atom. The lowest BCUT2D eigenvalue weighted by atomic mass is 10.2. The van der Waals surface area contributed by atoms with E-state index in [-0.39, 0.29) is 5.91 Å². The Labute approximate surface area is 199 Å². The quantitative estimate of drug-likeness (QED) is 0.340. The predicted molar refractivity (Wildman–Crippen MR) is 141 cm³/mol. The van der Waals surface area contributed by atoms with Gasteiger partial charge in [0.15, 0.2) is 5.82 Å². The van der Waals surface area contributed by atoms with Gasteiger partial charge in [-0.05, 0) is 43.0 Å². The zero-order valence-electron chi connectivity index (χ0n) is 19.8. The number of nitrogens with two attached hydrogens (primary N) is 1. The van der Waals surface area contributed by atoms with Crippen LogP contribution < -0.4 is 26.9 Å². The summed E-state index contributed by atoms with van der Waals surface area (Å²) in [7, 11) is 1.88. The number of nitrogen functional groups attached to an aromatic ring is 1. The first kappa shape index (κ1) is 23.3. The van der Waals surface area contributed by atoms with Crippen LogP contribution in [-0.2, 0) is 17.8 Å². The molecular weight excluding hydrogens is 424 g/mol. The number of unbranched alkanes of at least 4 members (excludes halogenated alkanes) is 1. The first-order valence-corrected chi connectivity index (χ1v) is 11.9. The predicted octanol–water partition coefficient (Wildman–Crippen LogP) is 2.75. The highest BCUT2D eigenvalue weighted by atomic mass is 16.1. The fourth-order valence-electron chi connectivity index (χ4n) is 4.17. The van der Waals surface area contributed by atoms with E-state index in [0.29, 0.717) is 12.4 Å². The van der Waals surface area contributed by atoms with Crippen molar-refractivity contribution in [2.75, 3.05) is 24.6 Å². The van der Waals surface area contributed by atoms with Crippen LogP contribution in [0.2, 0.25) is 0 Å². The number of allylic oxidation sites excluding steroid dienone is 2. The standard InChI is InChI=1S/C27H32N6O/c1-3-23-32-25-26(21-9-5-4-6-10-22(21)31-27(25)28)33(23)18-8-7-17-30-24(34)16-13-19-11-14-20(29-2)15-12-19/h4-5,9-16,29H,3,6-8,17-18H2,1-2H3,(H2,28,31)(H,30,34)/b16-13+. The van der Waals surface area contributed by atoms with Crippen molar-refractivity contribution >= 4 is 46.7 Å². The highest BCUT2D eigenvalue weighted by Gasteiger charge is 2.15. The van der Waals surface area contributed by atoms with Crippen LogP contribution in [0.15, 0.2) is 42.5 Å². The number of benzene rings is 1. The van der Waals surface area contributed by atoms with Crippen LogP contribution >= 0.6 is 0 Å². The van der Waals surface area contributed by atoms with E-state index in [4.69, 9.17) is 10.7 Å². The van der Waals surface area contributed by atoms with Gasteiger partial charge in [0.25, 0.3) is 0 Å². The summed E-state index contributed by atoms with van der Waals surface area (Å²) in [5.74, 6) is 1.41. The fraction of sp³-hybridized carbons (Fsp3) is 0.296. The lowest BCUT2D eigenvalue weighted by molar-refractivity contribution is -0.116. The molecule has 1 aliphatic rings. The number of aryl methyl sites for hydroxylation is 2. The molecule has 0 aliphatic heterocycles. The van der Waals surface area contributed by atoms with Crippen molar-refractivity contribution in [1.82, 2.24) is 19.9 Å².